The van der Waals surface area contributed by atoms with Crippen molar-refractivity contribution in [2.75, 3.05) is 13.2 Å². The average Bonchev–Trinajstić information content (AvgIpc) is 2.76. The van der Waals surface area contributed by atoms with E-state index in [0.717, 1.165) is 23.9 Å². The fourth-order valence-corrected chi connectivity index (χ4v) is 25.3. The maximum Gasteiger partial charge on any atom is 0.326 e. The van der Waals surface area contributed by atoms with Gasteiger partial charge >= 0.3 is 34.2 Å². The highest BCUT2D eigenvalue weighted by Crippen LogP contribution is 2.34. The van der Waals surface area contributed by atoms with Crippen LogP contribution in [-0.4, -0.2) is 47.5 Å². The van der Waals surface area contributed by atoms with E-state index in [2.05, 4.69) is 53.1 Å². The summed E-state index contributed by atoms with van der Waals surface area (Å²) in [5.41, 5.74) is 0. The van der Waals surface area contributed by atoms with Crippen LogP contribution >= 0.6 is 0 Å². The van der Waals surface area contributed by atoms with Gasteiger partial charge in [-0.1, -0.05) is 64.2 Å². The lowest BCUT2D eigenvalue weighted by atomic mass is 9.88. The number of hydrogen-bond donors (Lipinski definition) is 0. The quantitative estimate of drug-likeness (QED) is 0.176. The van der Waals surface area contributed by atoms with E-state index in [9.17, 15) is 0 Å². The summed E-state index contributed by atoms with van der Waals surface area (Å²) in [5.74, 6) is 1.70. The predicted octanol–water partition coefficient (Wildman–Crippen LogP) is 8.60. The zero-order valence-electron chi connectivity index (χ0n) is 24.5. The molecular formula is C26H58O5Si4. The number of rotatable bonds is 16. The molecule has 0 spiro atoms. The molecule has 2 saturated carbocycles. The zero-order chi connectivity index (χ0) is 26.0. The normalized spacial score (nSPS) is 22.6. The van der Waals surface area contributed by atoms with Gasteiger partial charge in [0.15, 0.2) is 0 Å². The Morgan fingerprint density at radius 3 is 1.17 bits per heavy atom. The fourth-order valence-electron chi connectivity index (χ4n) is 6.47. The minimum Gasteiger partial charge on any atom is -0.416 e. The molecule has 0 aromatic rings. The molecule has 0 radical (unpaired) electrons. The highest BCUT2D eigenvalue weighted by atomic mass is 28.5. The smallest absolute Gasteiger partial charge is 0.326 e. The van der Waals surface area contributed by atoms with Crippen molar-refractivity contribution in [2.24, 2.45) is 11.8 Å². The fraction of sp³-hybridized carbons (Fsp3) is 1.00. The van der Waals surface area contributed by atoms with Crippen molar-refractivity contribution in [3.8, 4) is 0 Å². The van der Waals surface area contributed by atoms with E-state index in [1.807, 2.05) is 0 Å². The maximum atomic E-state index is 6.89. The molecule has 0 aromatic carbocycles. The molecule has 0 saturated heterocycles. The molecule has 0 aromatic heterocycles. The minimum atomic E-state index is -2.44. The summed E-state index contributed by atoms with van der Waals surface area (Å²) in [7, 11) is -9.47. The van der Waals surface area contributed by atoms with Crippen LogP contribution in [0.15, 0.2) is 0 Å². The molecule has 208 valence electrons. The number of hydrogen-bond acceptors (Lipinski definition) is 5. The zero-order valence-corrected chi connectivity index (χ0v) is 28.5. The van der Waals surface area contributed by atoms with Crippen LogP contribution in [0.3, 0.4) is 0 Å². The van der Waals surface area contributed by atoms with Crippen molar-refractivity contribution in [3.63, 3.8) is 0 Å². The lowest BCUT2D eigenvalue weighted by molar-refractivity contribution is 0.208. The van der Waals surface area contributed by atoms with Gasteiger partial charge in [0.25, 0.3) is 0 Å². The summed E-state index contributed by atoms with van der Waals surface area (Å²) in [6.07, 6.45) is 16.4. The second-order valence-electron chi connectivity index (χ2n) is 12.3. The molecule has 2 aliphatic carbocycles. The summed E-state index contributed by atoms with van der Waals surface area (Å²) in [4.78, 5) is 0. The van der Waals surface area contributed by atoms with E-state index < -0.39 is 34.2 Å². The summed E-state index contributed by atoms with van der Waals surface area (Å²) < 4.78 is 33.3. The van der Waals surface area contributed by atoms with Crippen LogP contribution in [0, 0.1) is 11.8 Å². The van der Waals surface area contributed by atoms with Crippen molar-refractivity contribution in [1.82, 2.24) is 0 Å². The van der Waals surface area contributed by atoms with E-state index >= 15 is 0 Å². The van der Waals surface area contributed by atoms with Gasteiger partial charge in [0, 0.05) is 13.2 Å². The van der Waals surface area contributed by atoms with Gasteiger partial charge in [-0.3, -0.25) is 0 Å². The second-order valence-corrected chi connectivity index (χ2v) is 26.5. The van der Waals surface area contributed by atoms with Crippen LogP contribution in [0.4, 0.5) is 0 Å². The molecule has 2 rings (SSSR count). The first-order valence-corrected chi connectivity index (χ1v) is 25.5. The average molecular weight is 563 g/mol. The Kier molecular flexibility index (Phi) is 13.4. The largest absolute Gasteiger partial charge is 0.416 e. The molecule has 5 nitrogen and oxygen atoms in total. The molecule has 0 heterocycles. The highest BCUT2D eigenvalue weighted by Gasteiger charge is 2.47. The third-order valence-corrected chi connectivity index (χ3v) is 23.3. The summed E-state index contributed by atoms with van der Waals surface area (Å²) >= 11 is 0. The Bertz CT molecular complexity index is 546. The van der Waals surface area contributed by atoms with E-state index in [1.165, 1.54) is 77.0 Å². The van der Waals surface area contributed by atoms with Crippen molar-refractivity contribution < 1.29 is 21.2 Å². The molecule has 0 aliphatic heterocycles. The van der Waals surface area contributed by atoms with Crippen LogP contribution in [-0.2, 0) is 21.2 Å². The lowest BCUT2D eigenvalue weighted by Crippen LogP contribution is -2.58. The summed E-state index contributed by atoms with van der Waals surface area (Å²) in [6.45, 7) is 18.9. The van der Waals surface area contributed by atoms with Gasteiger partial charge in [-0.25, -0.2) is 0 Å². The van der Waals surface area contributed by atoms with Crippen molar-refractivity contribution in [3.05, 3.63) is 0 Å². The van der Waals surface area contributed by atoms with Crippen molar-refractivity contribution in [2.45, 2.75) is 142 Å². The van der Waals surface area contributed by atoms with E-state index in [4.69, 9.17) is 21.2 Å². The predicted molar refractivity (Wildman–Crippen MR) is 157 cm³/mol. The standard InChI is InChI=1S/C26H58O5Si4/c1-9-27-34(7,23-21-25-17-13-11-14-18-25)30-32(3,4)29-33(5,6)31-35(8,28-10-2)24-22-26-19-15-12-16-20-26/h25-26H,9-24H2,1-8H3. The maximum absolute atomic E-state index is 6.89. The van der Waals surface area contributed by atoms with Gasteiger partial charge < -0.3 is 21.2 Å². The Labute approximate surface area is 222 Å². The van der Waals surface area contributed by atoms with E-state index in [1.54, 1.807) is 0 Å². The Balaban J connectivity index is 1.96. The first-order valence-electron chi connectivity index (χ1n) is 14.8. The van der Waals surface area contributed by atoms with E-state index in [-0.39, 0.29) is 0 Å². The molecule has 2 aliphatic rings. The van der Waals surface area contributed by atoms with Crippen LogP contribution in [0.2, 0.25) is 51.4 Å². The molecule has 35 heavy (non-hydrogen) atoms. The SMILES string of the molecule is CCO[Si](C)(CCC1CCCCC1)O[Si](C)(C)O[Si](C)(C)O[Si](C)(CCC1CCCCC1)OCC. The monoisotopic (exact) mass is 562 g/mol. The minimum absolute atomic E-state index is 0.714. The van der Waals surface area contributed by atoms with Crippen LogP contribution < -0.4 is 0 Å². The summed E-state index contributed by atoms with van der Waals surface area (Å²) in [5, 5.41) is 0. The topological polar surface area (TPSA) is 46.2 Å². The van der Waals surface area contributed by atoms with Crippen LogP contribution in [0.25, 0.3) is 0 Å². The van der Waals surface area contributed by atoms with Gasteiger partial charge in [0.2, 0.25) is 0 Å². The Hall–Kier alpha value is 0.668. The van der Waals surface area contributed by atoms with Crippen molar-refractivity contribution in [1.29, 1.82) is 0 Å². The van der Waals surface area contributed by atoms with Gasteiger partial charge in [-0.15, -0.1) is 0 Å². The van der Waals surface area contributed by atoms with Crippen molar-refractivity contribution >= 4 is 34.2 Å². The molecule has 0 amide bonds. The molecule has 0 N–H and O–H groups in total. The van der Waals surface area contributed by atoms with Gasteiger partial charge in [-0.05, 0) is 89.9 Å². The lowest BCUT2D eigenvalue weighted by Gasteiger charge is -2.42. The Morgan fingerprint density at radius 2 is 0.857 bits per heavy atom. The van der Waals surface area contributed by atoms with Crippen LogP contribution in [0.5, 0.6) is 0 Å². The highest BCUT2D eigenvalue weighted by molar-refractivity contribution is 6.87. The van der Waals surface area contributed by atoms with Crippen LogP contribution in [0.1, 0.15) is 90.9 Å². The second kappa shape index (κ2) is 14.7. The van der Waals surface area contributed by atoms with Gasteiger partial charge in [0.05, 0.1) is 0 Å². The molecule has 9 heteroatoms. The molecular weight excluding hydrogens is 505 g/mol. The molecule has 2 atom stereocenters. The Morgan fingerprint density at radius 1 is 0.514 bits per heavy atom. The van der Waals surface area contributed by atoms with Gasteiger partial charge in [-0.2, -0.15) is 0 Å². The van der Waals surface area contributed by atoms with E-state index in [0.29, 0.717) is 13.2 Å². The molecule has 2 unspecified atom stereocenters. The molecule has 2 fully saturated rings. The first kappa shape index (κ1) is 31.9. The first-order chi connectivity index (χ1) is 16.4. The third kappa shape index (κ3) is 12.4. The molecule has 0 bridgehead atoms. The third-order valence-electron chi connectivity index (χ3n) is 7.78. The summed E-state index contributed by atoms with van der Waals surface area (Å²) in [6, 6.07) is 2.14. The van der Waals surface area contributed by atoms with Gasteiger partial charge in [0.1, 0.15) is 0 Å².